The first-order valence-corrected chi connectivity index (χ1v) is 3.80. The Bertz CT molecular complexity index is 233. The van der Waals surface area contributed by atoms with E-state index in [-0.39, 0.29) is 5.95 Å². The van der Waals surface area contributed by atoms with Gasteiger partial charge in [0.05, 0.1) is 5.75 Å². The largest absolute Gasteiger partial charge is 0.476 e. The van der Waals surface area contributed by atoms with Crippen molar-refractivity contribution < 1.29 is 14.1 Å². The normalized spacial score (nSPS) is 16.0. The van der Waals surface area contributed by atoms with Gasteiger partial charge in [0.1, 0.15) is 0 Å². The number of nitrogens with zero attached hydrogens (tertiary/aromatic N) is 1. The molecule has 1 aliphatic heterocycles. The summed E-state index contributed by atoms with van der Waals surface area (Å²) in [5.41, 5.74) is 0.903. The van der Waals surface area contributed by atoms with Crippen molar-refractivity contribution in [3.63, 3.8) is 0 Å². The van der Waals surface area contributed by atoms with Crippen LogP contribution < -0.4 is 4.57 Å². The lowest BCUT2D eigenvalue weighted by Crippen LogP contribution is -2.28. The van der Waals surface area contributed by atoms with Gasteiger partial charge in [-0.15, -0.1) is 0 Å². The van der Waals surface area contributed by atoms with Gasteiger partial charge in [-0.2, -0.15) is 4.57 Å². The molecule has 0 bridgehead atoms. The average Bonchev–Trinajstić information content (AvgIpc) is 2.35. The van der Waals surface area contributed by atoms with E-state index in [0.29, 0.717) is 0 Å². The molecule has 2 rings (SSSR count). The van der Waals surface area contributed by atoms with Crippen LogP contribution in [0.15, 0.2) is 10.8 Å². The maximum Gasteiger partial charge on any atom is 0.357 e. The molecule has 0 fully saturated rings. The zero-order chi connectivity index (χ0) is 6.27. The molecule has 0 aromatic carbocycles. The number of fused-ring (bicyclic) bond motifs is 1. The lowest BCUT2D eigenvalue weighted by atomic mass is 10.5. The summed E-state index contributed by atoms with van der Waals surface area (Å²) in [4.78, 5) is 0. The molecule has 9 heavy (non-hydrogen) atoms. The number of aromatic nitrogens is 1. The van der Waals surface area contributed by atoms with Gasteiger partial charge in [0.15, 0.2) is 5.88 Å². The molecule has 0 saturated heterocycles. The predicted octanol–water partition coefficient (Wildman–Crippen LogP) is 0.477. The van der Waals surface area contributed by atoms with Crippen molar-refractivity contribution in [2.75, 3.05) is 0 Å². The van der Waals surface area contributed by atoms with Gasteiger partial charge < -0.3 is 9.52 Å². The predicted molar refractivity (Wildman–Crippen MR) is 31.9 cm³/mol. The fraction of sp³-hybridized carbons (Fsp3) is 0.400. The third-order valence-corrected chi connectivity index (χ3v) is 2.29. The van der Waals surface area contributed by atoms with Gasteiger partial charge in [0.2, 0.25) is 0 Å². The van der Waals surface area contributed by atoms with E-state index < -0.39 is 0 Å². The first-order chi connectivity index (χ1) is 4.38. The molecular weight excluding hydrogens is 138 g/mol. The molecule has 0 saturated carbocycles. The Morgan fingerprint density at radius 2 is 2.67 bits per heavy atom. The van der Waals surface area contributed by atoms with Crippen LogP contribution in [0.3, 0.4) is 0 Å². The van der Waals surface area contributed by atoms with Crippen LogP contribution in [0.5, 0.6) is 5.95 Å². The molecule has 0 atom stereocenters. The Morgan fingerprint density at radius 1 is 1.78 bits per heavy atom. The summed E-state index contributed by atoms with van der Waals surface area (Å²) in [5.74, 6) is 1.84. The van der Waals surface area contributed by atoms with Gasteiger partial charge in [0.25, 0.3) is 5.69 Å². The quantitative estimate of drug-likeness (QED) is 0.538. The molecule has 48 valence electrons. The molecule has 0 amide bonds. The second-order valence-corrected chi connectivity index (χ2v) is 2.88. The lowest BCUT2D eigenvalue weighted by Gasteiger charge is -1.75. The van der Waals surface area contributed by atoms with E-state index in [0.717, 1.165) is 17.3 Å². The van der Waals surface area contributed by atoms with Crippen molar-refractivity contribution in [2.45, 2.75) is 11.6 Å². The third kappa shape index (κ3) is 0.627. The Kier molecular flexibility index (Phi) is 0.958. The number of hydrogen-bond acceptors (Lipinski definition) is 3. The minimum atomic E-state index is 0.0694. The van der Waals surface area contributed by atoms with E-state index in [1.807, 2.05) is 4.57 Å². The molecule has 0 aliphatic carbocycles. The number of thioether (sulfide) groups is 1. The van der Waals surface area contributed by atoms with E-state index in [4.69, 9.17) is 9.52 Å². The fourth-order valence-corrected chi connectivity index (χ4v) is 1.85. The van der Waals surface area contributed by atoms with E-state index in [9.17, 15) is 0 Å². The van der Waals surface area contributed by atoms with Crippen LogP contribution in [0.25, 0.3) is 0 Å². The molecule has 0 radical (unpaired) electrons. The van der Waals surface area contributed by atoms with Gasteiger partial charge in [-0.05, 0) is 0 Å². The van der Waals surface area contributed by atoms with Crippen LogP contribution in [0, 0.1) is 0 Å². The molecule has 1 aliphatic rings. The van der Waals surface area contributed by atoms with E-state index in [1.54, 1.807) is 18.2 Å². The Balaban J connectivity index is 2.56. The molecule has 1 N–H and O–H groups in total. The first kappa shape index (κ1) is 5.17. The second-order valence-electron chi connectivity index (χ2n) is 1.92. The highest BCUT2D eigenvalue weighted by Crippen LogP contribution is 2.24. The Labute approximate surface area is 56.3 Å². The molecule has 1 aromatic rings. The third-order valence-electron chi connectivity index (χ3n) is 1.35. The molecule has 1 aromatic heterocycles. The van der Waals surface area contributed by atoms with Crippen molar-refractivity contribution in [1.82, 2.24) is 0 Å². The first-order valence-electron chi connectivity index (χ1n) is 2.64. The zero-order valence-electron chi connectivity index (χ0n) is 4.70. The summed E-state index contributed by atoms with van der Waals surface area (Å²) in [6, 6.07) is 0. The van der Waals surface area contributed by atoms with Crippen LogP contribution >= 0.6 is 11.8 Å². The maximum atomic E-state index is 8.97. The molecule has 4 heteroatoms. The SMILES string of the molecule is Oc1oc[n+]2c1CSC2. The fourth-order valence-electron chi connectivity index (χ4n) is 0.862. The number of hydrogen-bond donors (Lipinski definition) is 1. The van der Waals surface area contributed by atoms with Crippen molar-refractivity contribution in [3.8, 4) is 5.95 Å². The Morgan fingerprint density at radius 3 is 3.44 bits per heavy atom. The molecular formula is C5H6NO2S+. The smallest absolute Gasteiger partial charge is 0.357 e. The van der Waals surface area contributed by atoms with Gasteiger partial charge >= 0.3 is 12.3 Å². The minimum absolute atomic E-state index is 0.0694. The van der Waals surface area contributed by atoms with E-state index in [2.05, 4.69) is 0 Å². The zero-order valence-corrected chi connectivity index (χ0v) is 5.52. The van der Waals surface area contributed by atoms with Crippen molar-refractivity contribution in [3.05, 3.63) is 12.1 Å². The van der Waals surface area contributed by atoms with Gasteiger partial charge in [-0.3, -0.25) is 0 Å². The second kappa shape index (κ2) is 1.67. The standard InChI is InChI=1S/C5H5NO2S/c7-5-4-1-9-3-6(4)2-8-5/h2H,1,3H2/p+1. The van der Waals surface area contributed by atoms with Crippen molar-refractivity contribution in [2.24, 2.45) is 0 Å². The number of aromatic hydroxyl groups is 1. The molecule has 0 unspecified atom stereocenters. The van der Waals surface area contributed by atoms with Crippen LogP contribution in [0.2, 0.25) is 0 Å². The summed E-state index contributed by atoms with van der Waals surface area (Å²) in [6.07, 6.45) is 1.55. The van der Waals surface area contributed by atoms with Gasteiger partial charge in [-0.1, -0.05) is 11.8 Å². The number of rotatable bonds is 0. The number of oxazole rings is 1. The summed E-state index contributed by atoms with van der Waals surface area (Å²) in [7, 11) is 0. The molecule has 0 spiro atoms. The summed E-state index contributed by atoms with van der Waals surface area (Å²) in [5, 5.41) is 8.97. The highest BCUT2D eigenvalue weighted by atomic mass is 32.2. The molecule has 3 nitrogen and oxygen atoms in total. The van der Waals surface area contributed by atoms with E-state index >= 15 is 0 Å². The van der Waals surface area contributed by atoms with E-state index in [1.165, 1.54) is 0 Å². The summed E-state index contributed by atoms with van der Waals surface area (Å²) < 4.78 is 6.65. The van der Waals surface area contributed by atoms with Gasteiger partial charge in [0, 0.05) is 0 Å². The minimum Gasteiger partial charge on any atom is -0.476 e. The molecule has 2 heterocycles. The maximum absolute atomic E-state index is 8.97. The summed E-state index contributed by atoms with van der Waals surface area (Å²) in [6.45, 7) is 0. The highest BCUT2D eigenvalue weighted by molar-refractivity contribution is 7.97. The lowest BCUT2D eigenvalue weighted by molar-refractivity contribution is -0.680. The Hall–Kier alpha value is -0.640. The van der Waals surface area contributed by atoms with Crippen molar-refractivity contribution >= 4 is 11.8 Å². The highest BCUT2D eigenvalue weighted by Gasteiger charge is 2.26. The topological polar surface area (TPSA) is 37.3 Å². The summed E-state index contributed by atoms with van der Waals surface area (Å²) >= 11 is 1.77. The monoisotopic (exact) mass is 144 g/mol. The van der Waals surface area contributed by atoms with Crippen LogP contribution in [0.4, 0.5) is 0 Å². The van der Waals surface area contributed by atoms with Crippen LogP contribution in [-0.2, 0) is 11.6 Å². The van der Waals surface area contributed by atoms with Gasteiger partial charge in [-0.25, -0.2) is 0 Å². The van der Waals surface area contributed by atoms with Crippen LogP contribution in [0.1, 0.15) is 5.69 Å². The van der Waals surface area contributed by atoms with Crippen molar-refractivity contribution in [1.29, 1.82) is 0 Å². The average molecular weight is 144 g/mol. The van der Waals surface area contributed by atoms with Crippen LogP contribution in [-0.4, -0.2) is 5.11 Å².